The van der Waals surface area contributed by atoms with E-state index in [1.165, 1.54) is 0 Å². The smallest absolute Gasteiger partial charge is 0.219 e. The lowest BCUT2D eigenvalue weighted by Crippen LogP contribution is -2.23. The van der Waals surface area contributed by atoms with Crippen molar-refractivity contribution >= 4 is 11.5 Å². The van der Waals surface area contributed by atoms with Crippen LogP contribution in [0, 0.1) is 11.3 Å². The minimum atomic E-state index is -0.281. The van der Waals surface area contributed by atoms with Crippen LogP contribution >= 0.6 is 0 Å². The van der Waals surface area contributed by atoms with E-state index in [4.69, 9.17) is 4.74 Å². The van der Waals surface area contributed by atoms with Crippen molar-refractivity contribution in [2.75, 3.05) is 11.9 Å². The summed E-state index contributed by atoms with van der Waals surface area (Å²) in [7, 11) is 0. The van der Waals surface area contributed by atoms with Gasteiger partial charge in [-0.2, -0.15) is 5.26 Å². The van der Waals surface area contributed by atoms with Crippen molar-refractivity contribution in [1.82, 2.24) is 4.98 Å². The van der Waals surface area contributed by atoms with Crippen molar-refractivity contribution in [3.8, 4) is 11.9 Å². The van der Waals surface area contributed by atoms with E-state index >= 15 is 0 Å². The number of hydrogen-bond donors (Lipinski definition) is 1. The molecule has 1 aromatic heterocycles. The number of nitrogens with zero attached hydrogens (tertiary/aromatic N) is 2. The lowest BCUT2D eigenvalue weighted by atomic mass is 9.77. The van der Waals surface area contributed by atoms with Crippen molar-refractivity contribution < 1.29 is 9.53 Å². The molecule has 0 fully saturated rings. The van der Waals surface area contributed by atoms with Gasteiger partial charge in [-0.1, -0.05) is 13.0 Å². The summed E-state index contributed by atoms with van der Waals surface area (Å²) in [6, 6.07) is 9.76. The lowest BCUT2D eigenvalue weighted by Gasteiger charge is -2.32. The number of ketones is 1. The number of fused-ring (bicyclic) bond motifs is 1. The first-order valence-electron chi connectivity index (χ1n) is 9.15. The van der Waals surface area contributed by atoms with E-state index < -0.39 is 0 Å². The number of carbonyl (C=O) groups is 1. The number of Topliss-reactive ketones (excluding diaryl/α,β-unsaturated/α-hetero) is 1. The molecule has 0 spiro atoms. The minimum absolute atomic E-state index is 0.00774. The molecule has 138 valence electrons. The summed E-state index contributed by atoms with van der Waals surface area (Å²) < 4.78 is 5.80. The van der Waals surface area contributed by atoms with Crippen LogP contribution in [0.1, 0.15) is 55.9 Å². The molecule has 0 amide bonds. The van der Waals surface area contributed by atoms with Crippen LogP contribution in [0.25, 0.3) is 0 Å². The monoisotopic (exact) mass is 361 g/mol. The number of carbonyl (C=O) groups excluding carboxylic acids is 1. The second kappa shape index (κ2) is 7.63. The summed E-state index contributed by atoms with van der Waals surface area (Å²) in [5.74, 6) is 0.259. The van der Waals surface area contributed by atoms with Crippen LogP contribution in [-0.2, 0) is 11.2 Å². The highest BCUT2D eigenvalue weighted by atomic mass is 16.5. The Bertz CT molecular complexity index is 970. The summed E-state index contributed by atoms with van der Waals surface area (Å²) in [5.41, 5.74) is 5.98. The second-order valence-corrected chi connectivity index (χ2v) is 6.54. The molecule has 0 bridgehead atoms. The van der Waals surface area contributed by atoms with Gasteiger partial charge in [-0.3, -0.25) is 4.79 Å². The van der Waals surface area contributed by atoms with E-state index in [-0.39, 0.29) is 11.7 Å². The van der Waals surface area contributed by atoms with Crippen molar-refractivity contribution in [2.45, 2.75) is 40.0 Å². The van der Waals surface area contributed by atoms with Gasteiger partial charge in [0, 0.05) is 34.6 Å². The highest BCUT2D eigenvalue weighted by molar-refractivity contribution is 5.98. The molecule has 2 aromatic rings. The van der Waals surface area contributed by atoms with Crippen molar-refractivity contribution in [2.24, 2.45) is 0 Å². The zero-order chi connectivity index (χ0) is 19.6. The number of anilines is 1. The molecular weight excluding hydrogens is 338 g/mol. The molecule has 1 N–H and O–H groups in total. The zero-order valence-electron chi connectivity index (χ0n) is 16.1. The minimum Gasteiger partial charge on any atom is -0.478 e. The predicted molar refractivity (Wildman–Crippen MR) is 105 cm³/mol. The number of nitriles is 1. The third kappa shape index (κ3) is 3.31. The van der Waals surface area contributed by atoms with Crippen LogP contribution in [0.15, 0.2) is 41.7 Å². The molecule has 0 aliphatic carbocycles. The Balaban J connectivity index is 2.32. The van der Waals surface area contributed by atoms with Gasteiger partial charge < -0.3 is 10.1 Å². The highest BCUT2D eigenvalue weighted by Crippen LogP contribution is 2.46. The topological polar surface area (TPSA) is 75.0 Å². The van der Waals surface area contributed by atoms with Gasteiger partial charge in [0.2, 0.25) is 5.88 Å². The average molecular weight is 361 g/mol. The van der Waals surface area contributed by atoms with Crippen LogP contribution in [0.5, 0.6) is 5.88 Å². The van der Waals surface area contributed by atoms with Crippen molar-refractivity contribution in [1.29, 1.82) is 5.26 Å². The quantitative estimate of drug-likeness (QED) is 0.858. The number of pyridine rings is 1. The molecule has 3 rings (SSSR count). The number of ether oxygens (including phenoxy) is 1. The second-order valence-electron chi connectivity index (χ2n) is 6.54. The molecule has 1 aromatic carbocycles. The molecule has 0 radical (unpaired) electrons. The van der Waals surface area contributed by atoms with Crippen LogP contribution in [-0.4, -0.2) is 17.4 Å². The molecule has 0 saturated heterocycles. The van der Waals surface area contributed by atoms with Gasteiger partial charge in [-0.25, -0.2) is 4.98 Å². The Hall–Kier alpha value is -3.13. The first-order chi connectivity index (χ1) is 13.0. The Morgan fingerprint density at radius 2 is 2.11 bits per heavy atom. The van der Waals surface area contributed by atoms with Gasteiger partial charge >= 0.3 is 0 Å². The maximum absolute atomic E-state index is 12.6. The van der Waals surface area contributed by atoms with Crippen LogP contribution < -0.4 is 10.1 Å². The standard InChI is InChI=1S/C22H23N3O2/c1-5-16-11-15(12-23)7-8-17(16)20-19(14(4)26)13(3)25-18-9-10-24-22(21(18)20)27-6-2/h7-11,20,25H,5-6H2,1-4H3. The van der Waals surface area contributed by atoms with Gasteiger partial charge in [-0.15, -0.1) is 0 Å². The van der Waals surface area contributed by atoms with E-state index in [0.29, 0.717) is 23.6 Å². The van der Waals surface area contributed by atoms with Gasteiger partial charge in [-0.05, 0) is 56.5 Å². The van der Waals surface area contributed by atoms with Crippen molar-refractivity contribution in [3.05, 3.63) is 64.0 Å². The lowest BCUT2D eigenvalue weighted by molar-refractivity contribution is -0.113. The molecule has 5 heteroatoms. The van der Waals surface area contributed by atoms with Gasteiger partial charge in [0.15, 0.2) is 5.78 Å². The zero-order valence-corrected chi connectivity index (χ0v) is 16.1. The summed E-state index contributed by atoms with van der Waals surface area (Å²) in [4.78, 5) is 17.0. The number of aromatic nitrogens is 1. The van der Waals surface area contributed by atoms with Crippen LogP contribution in [0.2, 0.25) is 0 Å². The number of allylic oxidation sites excluding steroid dienone is 2. The fourth-order valence-corrected chi connectivity index (χ4v) is 3.77. The molecule has 1 unspecified atom stereocenters. The summed E-state index contributed by atoms with van der Waals surface area (Å²) >= 11 is 0. The van der Waals surface area contributed by atoms with Crippen LogP contribution in [0.4, 0.5) is 5.69 Å². The number of benzene rings is 1. The van der Waals surface area contributed by atoms with Crippen LogP contribution in [0.3, 0.4) is 0 Å². The third-order valence-electron chi connectivity index (χ3n) is 4.88. The fraction of sp³-hybridized carbons (Fsp3) is 0.318. The third-order valence-corrected chi connectivity index (χ3v) is 4.88. The number of nitrogens with one attached hydrogen (secondary N) is 1. The molecule has 27 heavy (non-hydrogen) atoms. The van der Waals surface area contributed by atoms with Crippen molar-refractivity contribution in [3.63, 3.8) is 0 Å². The van der Waals surface area contributed by atoms with Gasteiger partial charge in [0.25, 0.3) is 0 Å². The fourth-order valence-electron chi connectivity index (χ4n) is 3.77. The predicted octanol–water partition coefficient (Wildman–Crippen LogP) is 4.33. The van der Waals surface area contributed by atoms with E-state index in [0.717, 1.165) is 34.5 Å². The van der Waals surface area contributed by atoms with Gasteiger partial charge in [0.05, 0.1) is 18.2 Å². The number of hydrogen-bond acceptors (Lipinski definition) is 5. The molecule has 1 aliphatic heterocycles. The van der Waals surface area contributed by atoms with Gasteiger partial charge in [0.1, 0.15) is 0 Å². The Morgan fingerprint density at radius 3 is 2.74 bits per heavy atom. The summed E-state index contributed by atoms with van der Waals surface area (Å²) in [5, 5.41) is 12.6. The Labute approximate surface area is 159 Å². The first-order valence-corrected chi connectivity index (χ1v) is 9.15. The summed E-state index contributed by atoms with van der Waals surface area (Å²) in [6.45, 7) is 7.96. The average Bonchev–Trinajstić information content (AvgIpc) is 2.66. The van der Waals surface area contributed by atoms with E-state index in [1.54, 1.807) is 19.2 Å². The molecule has 1 aliphatic rings. The molecular formula is C22H23N3O2. The van der Waals surface area contributed by atoms with E-state index in [2.05, 4.69) is 23.3 Å². The van der Waals surface area contributed by atoms with E-state index in [1.807, 2.05) is 32.0 Å². The summed E-state index contributed by atoms with van der Waals surface area (Å²) in [6.07, 6.45) is 2.47. The Kier molecular flexibility index (Phi) is 5.27. The van der Waals surface area contributed by atoms with E-state index in [9.17, 15) is 10.1 Å². The first kappa shape index (κ1) is 18.7. The maximum Gasteiger partial charge on any atom is 0.219 e. The molecule has 0 saturated carbocycles. The normalized spacial score (nSPS) is 15.6. The highest BCUT2D eigenvalue weighted by Gasteiger charge is 2.34. The SMILES string of the molecule is CCOc1nccc2c1C(c1ccc(C#N)cc1CC)C(C(C)=O)=C(C)N2. The molecule has 1 atom stereocenters. The number of rotatable bonds is 5. The molecule has 2 heterocycles. The maximum atomic E-state index is 12.6. The Morgan fingerprint density at radius 1 is 1.33 bits per heavy atom. The number of aryl methyl sites for hydroxylation is 1. The molecule has 5 nitrogen and oxygen atoms in total. The largest absolute Gasteiger partial charge is 0.478 e.